The number of carbonyl (C=O) groups is 1. The number of aromatic nitrogens is 3. The van der Waals surface area contributed by atoms with Crippen molar-refractivity contribution < 1.29 is 19.0 Å². The Balaban J connectivity index is 1.54. The molecule has 0 spiro atoms. The molecular formula is C20H20N4O4. The number of carbonyl (C=O) groups excluding carboxylic acids is 1. The van der Waals surface area contributed by atoms with Gasteiger partial charge in [-0.1, -0.05) is 29.8 Å². The van der Waals surface area contributed by atoms with E-state index in [1.807, 2.05) is 25.1 Å². The second-order valence-electron chi connectivity index (χ2n) is 6.45. The average molecular weight is 380 g/mol. The van der Waals surface area contributed by atoms with Crippen LogP contribution in [0.1, 0.15) is 33.3 Å². The van der Waals surface area contributed by atoms with Gasteiger partial charge in [0.2, 0.25) is 12.2 Å². The Hall–Kier alpha value is -3.55. The van der Waals surface area contributed by atoms with E-state index < -0.39 is 12.2 Å². The SMILES string of the molecule is COc1ccc2c(c1OC)C(=O)O[C@H]2Nc1ncn(Cc2cccc(C)c2)n1. The third-order valence-electron chi connectivity index (χ3n) is 4.51. The lowest BCUT2D eigenvalue weighted by Crippen LogP contribution is -2.12. The average Bonchev–Trinajstić information content (AvgIpc) is 3.25. The van der Waals surface area contributed by atoms with Gasteiger partial charge in [0.05, 0.1) is 20.8 Å². The van der Waals surface area contributed by atoms with Crippen LogP contribution >= 0.6 is 0 Å². The molecule has 2 aromatic carbocycles. The van der Waals surface area contributed by atoms with E-state index in [1.54, 1.807) is 23.1 Å². The van der Waals surface area contributed by atoms with Gasteiger partial charge in [-0.2, -0.15) is 0 Å². The molecule has 0 bridgehead atoms. The van der Waals surface area contributed by atoms with Crippen LogP contribution in [0.5, 0.6) is 11.5 Å². The number of nitrogens with zero attached hydrogens (tertiary/aromatic N) is 3. The van der Waals surface area contributed by atoms with Crippen molar-refractivity contribution in [3.63, 3.8) is 0 Å². The number of methoxy groups -OCH3 is 2. The molecule has 0 amide bonds. The van der Waals surface area contributed by atoms with Gasteiger partial charge >= 0.3 is 5.97 Å². The number of fused-ring (bicyclic) bond motifs is 1. The Morgan fingerprint density at radius 2 is 2.07 bits per heavy atom. The van der Waals surface area contributed by atoms with Crippen molar-refractivity contribution in [2.75, 3.05) is 19.5 Å². The number of hydrogen-bond acceptors (Lipinski definition) is 7. The van der Waals surface area contributed by atoms with Gasteiger partial charge in [-0.05, 0) is 24.6 Å². The molecule has 2 heterocycles. The minimum atomic E-state index is -0.697. The summed E-state index contributed by atoms with van der Waals surface area (Å²) in [5.74, 6) is 0.710. The van der Waals surface area contributed by atoms with Gasteiger partial charge in [-0.3, -0.25) is 0 Å². The number of aryl methyl sites for hydroxylation is 1. The van der Waals surface area contributed by atoms with Gasteiger partial charge in [-0.25, -0.2) is 14.5 Å². The van der Waals surface area contributed by atoms with Crippen LogP contribution in [-0.2, 0) is 11.3 Å². The van der Waals surface area contributed by atoms with E-state index in [2.05, 4.69) is 21.5 Å². The summed E-state index contributed by atoms with van der Waals surface area (Å²) in [6.45, 7) is 2.65. The second kappa shape index (κ2) is 7.22. The fraction of sp³-hybridized carbons (Fsp3) is 0.250. The fourth-order valence-electron chi connectivity index (χ4n) is 3.26. The molecule has 28 heavy (non-hydrogen) atoms. The fourth-order valence-corrected chi connectivity index (χ4v) is 3.26. The molecule has 0 saturated carbocycles. The second-order valence-corrected chi connectivity index (χ2v) is 6.45. The van der Waals surface area contributed by atoms with Crippen molar-refractivity contribution in [1.82, 2.24) is 14.8 Å². The van der Waals surface area contributed by atoms with Crippen LogP contribution in [0.4, 0.5) is 5.95 Å². The van der Waals surface area contributed by atoms with Crippen LogP contribution < -0.4 is 14.8 Å². The Morgan fingerprint density at radius 1 is 1.21 bits per heavy atom. The molecule has 1 aliphatic heterocycles. The molecule has 4 rings (SSSR count). The number of cyclic esters (lactones) is 1. The van der Waals surface area contributed by atoms with Crippen molar-refractivity contribution in [3.8, 4) is 11.5 Å². The van der Waals surface area contributed by atoms with E-state index in [4.69, 9.17) is 14.2 Å². The summed E-state index contributed by atoms with van der Waals surface area (Å²) >= 11 is 0. The normalized spacial score (nSPS) is 15.1. The predicted octanol–water partition coefficient (Wildman–Crippen LogP) is 2.93. The van der Waals surface area contributed by atoms with Crippen LogP contribution in [0.25, 0.3) is 0 Å². The first-order valence-electron chi connectivity index (χ1n) is 8.76. The minimum absolute atomic E-state index is 0.346. The van der Waals surface area contributed by atoms with Crippen molar-refractivity contribution in [1.29, 1.82) is 0 Å². The summed E-state index contributed by atoms with van der Waals surface area (Å²) in [6.07, 6.45) is 0.939. The largest absolute Gasteiger partial charge is 0.493 e. The van der Waals surface area contributed by atoms with Crippen LogP contribution in [0.3, 0.4) is 0 Å². The van der Waals surface area contributed by atoms with E-state index in [-0.39, 0.29) is 0 Å². The third-order valence-corrected chi connectivity index (χ3v) is 4.51. The predicted molar refractivity (Wildman–Crippen MR) is 102 cm³/mol. The van der Waals surface area contributed by atoms with Gasteiger partial charge in [0.15, 0.2) is 11.5 Å². The highest BCUT2D eigenvalue weighted by atomic mass is 16.6. The highest BCUT2D eigenvalue weighted by Gasteiger charge is 2.36. The molecule has 0 fully saturated rings. The zero-order valence-corrected chi connectivity index (χ0v) is 15.8. The van der Waals surface area contributed by atoms with Crippen molar-refractivity contribution >= 4 is 11.9 Å². The number of benzene rings is 2. The molecule has 0 saturated heterocycles. The number of hydrogen-bond donors (Lipinski definition) is 1. The molecule has 1 N–H and O–H groups in total. The first-order valence-corrected chi connectivity index (χ1v) is 8.76. The van der Waals surface area contributed by atoms with Gasteiger partial charge < -0.3 is 19.5 Å². The topological polar surface area (TPSA) is 87.5 Å². The number of anilines is 1. The van der Waals surface area contributed by atoms with Crippen molar-refractivity contribution in [3.05, 3.63) is 65.0 Å². The number of rotatable bonds is 6. The quantitative estimate of drug-likeness (QED) is 0.658. The number of ether oxygens (including phenoxy) is 3. The summed E-state index contributed by atoms with van der Waals surface area (Å²) in [6, 6.07) is 11.7. The Morgan fingerprint density at radius 3 is 2.82 bits per heavy atom. The molecule has 1 aliphatic rings. The zero-order valence-electron chi connectivity index (χ0n) is 15.8. The van der Waals surface area contributed by atoms with E-state index >= 15 is 0 Å². The summed E-state index contributed by atoms with van der Waals surface area (Å²) in [4.78, 5) is 16.6. The van der Waals surface area contributed by atoms with Gasteiger partial charge in [0, 0.05) is 5.56 Å². The Labute approximate surface area is 162 Å². The van der Waals surface area contributed by atoms with E-state index in [1.165, 1.54) is 19.8 Å². The van der Waals surface area contributed by atoms with Gasteiger partial charge in [0.25, 0.3) is 0 Å². The molecular weight excluding hydrogens is 360 g/mol. The monoisotopic (exact) mass is 380 g/mol. The molecule has 1 atom stereocenters. The molecule has 3 aromatic rings. The Kier molecular flexibility index (Phi) is 4.60. The summed E-state index contributed by atoms with van der Waals surface area (Å²) in [7, 11) is 3.01. The lowest BCUT2D eigenvalue weighted by Gasteiger charge is -2.12. The molecule has 0 unspecified atom stereocenters. The standard InChI is InChI=1S/C20H20N4O4/c1-12-5-4-6-13(9-12)10-24-11-21-20(23-24)22-18-14-7-8-15(26-2)17(27-3)16(14)19(25)28-18/h4-9,11,18H,10H2,1-3H3,(H,22,23)/t18-/m1/s1. The first-order chi connectivity index (χ1) is 13.6. The summed E-state index contributed by atoms with van der Waals surface area (Å²) < 4.78 is 17.8. The van der Waals surface area contributed by atoms with Crippen LogP contribution in [-0.4, -0.2) is 35.0 Å². The van der Waals surface area contributed by atoms with Crippen molar-refractivity contribution in [2.24, 2.45) is 0 Å². The van der Waals surface area contributed by atoms with Crippen molar-refractivity contribution in [2.45, 2.75) is 19.7 Å². The number of nitrogens with one attached hydrogen (secondary N) is 1. The molecule has 0 radical (unpaired) electrons. The zero-order chi connectivity index (χ0) is 19.7. The maximum Gasteiger partial charge on any atom is 0.344 e. The summed E-state index contributed by atoms with van der Waals surface area (Å²) in [5.41, 5.74) is 3.32. The van der Waals surface area contributed by atoms with E-state index in [0.717, 1.165) is 5.56 Å². The van der Waals surface area contributed by atoms with E-state index in [9.17, 15) is 4.79 Å². The highest BCUT2D eigenvalue weighted by Crippen LogP contribution is 2.41. The van der Waals surface area contributed by atoms with E-state index in [0.29, 0.717) is 35.1 Å². The lowest BCUT2D eigenvalue weighted by atomic mass is 10.1. The van der Waals surface area contributed by atoms with Crippen LogP contribution in [0.2, 0.25) is 0 Å². The van der Waals surface area contributed by atoms with Gasteiger partial charge in [-0.15, -0.1) is 5.10 Å². The lowest BCUT2D eigenvalue weighted by molar-refractivity contribution is 0.0434. The summed E-state index contributed by atoms with van der Waals surface area (Å²) in [5, 5.41) is 7.47. The third kappa shape index (κ3) is 3.24. The molecule has 8 heteroatoms. The van der Waals surface area contributed by atoms with Gasteiger partial charge in [0.1, 0.15) is 11.9 Å². The number of esters is 1. The molecule has 144 valence electrons. The maximum absolute atomic E-state index is 12.3. The van der Waals surface area contributed by atoms with Crippen LogP contribution in [0, 0.1) is 6.92 Å². The maximum atomic E-state index is 12.3. The smallest absolute Gasteiger partial charge is 0.344 e. The molecule has 0 aliphatic carbocycles. The molecule has 1 aromatic heterocycles. The Bertz CT molecular complexity index is 1030. The van der Waals surface area contributed by atoms with Crippen LogP contribution in [0.15, 0.2) is 42.7 Å². The first kappa shape index (κ1) is 17.8. The molecule has 8 nitrogen and oxygen atoms in total. The highest BCUT2D eigenvalue weighted by molar-refractivity contribution is 5.98. The minimum Gasteiger partial charge on any atom is -0.493 e.